The molecule has 0 spiro atoms. The van der Waals surface area contributed by atoms with Gasteiger partial charge in [-0.3, -0.25) is 4.79 Å². The van der Waals surface area contributed by atoms with E-state index in [1.165, 1.54) is 11.1 Å². The van der Waals surface area contributed by atoms with E-state index in [1.54, 1.807) is 6.33 Å². The van der Waals surface area contributed by atoms with Crippen molar-refractivity contribution in [2.45, 2.75) is 26.2 Å². The molecule has 5 heteroatoms. The summed E-state index contributed by atoms with van der Waals surface area (Å²) in [5.41, 5.74) is 4.46. The first-order chi connectivity index (χ1) is 14.6. The molecule has 1 amide bonds. The van der Waals surface area contributed by atoms with E-state index in [0.717, 1.165) is 43.3 Å². The maximum Gasteiger partial charge on any atom is 0.223 e. The first-order valence-corrected chi connectivity index (χ1v) is 10.6. The van der Waals surface area contributed by atoms with Crippen LogP contribution in [0.2, 0.25) is 0 Å². The van der Waals surface area contributed by atoms with Crippen LogP contribution in [0.15, 0.2) is 67.0 Å². The molecule has 0 aliphatic carbocycles. The molecule has 2 heterocycles. The number of carbonyl (C=O) groups excluding carboxylic acids is 1. The molecule has 30 heavy (non-hydrogen) atoms. The van der Waals surface area contributed by atoms with Crippen LogP contribution in [-0.4, -0.2) is 47.0 Å². The third-order valence-electron chi connectivity index (χ3n) is 5.77. The van der Waals surface area contributed by atoms with Gasteiger partial charge in [-0.25, -0.2) is 9.97 Å². The van der Waals surface area contributed by atoms with Crippen LogP contribution in [0.1, 0.15) is 30.4 Å². The van der Waals surface area contributed by atoms with Gasteiger partial charge in [0.15, 0.2) is 0 Å². The Balaban J connectivity index is 1.36. The van der Waals surface area contributed by atoms with E-state index < -0.39 is 0 Å². The number of rotatable bonds is 5. The van der Waals surface area contributed by atoms with Crippen molar-refractivity contribution in [2.75, 3.05) is 31.1 Å². The minimum Gasteiger partial charge on any atom is -0.353 e. The molecule has 1 aromatic heterocycles. The predicted octanol–water partition coefficient (Wildman–Crippen LogP) is 4.29. The van der Waals surface area contributed by atoms with Crippen molar-refractivity contribution in [1.82, 2.24) is 14.9 Å². The fourth-order valence-corrected chi connectivity index (χ4v) is 3.96. The fraction of sp³-hybridized carbons (Fsp3) is 0.320. The largest absolute Gasteiger partial charge is 0.353 e. The number of piperazine rings is 1. The molecule has 1 fully saturated rings. The molecule has 5 nitrogen and oxygen atoms in total. The van der Waals surface area contributed by atoms with Crippen LogP contribution in [-0.2, 0) is 4.79 Å². The molecule has 0 radical (unpaired) electrons. The second kappa shape index (κ2) is 9.08. The van der Waals surface area contributed by atoms with E-state index >= 15 is 0 Å². The Bertz CT molecular complexity index is 997. The van der Waals surface area contributed by atoms with Crippen molar-refractivity contribution in [2.24, 2.45) is 0 Å². The minimum absolute atomic E-state index is 0.231. The third-order valence-corrected chi connectivity index (χ3v) is 5.77. The van der Waals surface area contributed by atoms with Crippen molar-refractivity contribution < 1.29 is 4.79 Å². The lowest BCUT2D eigenvalue weighted by Crippen LogP contribution is -2.49. The van der Waals surface area contributed by atoms with Crippen LogP contribution in [0.3, 0.4) is 0 Å². The van der Waals surface area contributed by atoms with Crippen molar-refractivity contribution in [3.63, 3.8) is 0 Å². The summed E-state index contributed by atoms with van der Waals surface area (Å²) in [7, 11) is 0. The van der Waals surface area contributed by atoms with Crippen LogP contribution >= 0.6 is 0 Å². The zero-order valence-corrected chi connectivity index (χ0v) is 17.7. The van der Waals surface area contributed by atoms with Crippen LogP contribution in [0.5, 0.6) is 0 Å². The highest BCUT2D eigenvalue weighted by molar-refractivity contribution is 5.77. The summed E-state index contributed by atoms with van der Waals surface area (Å²) in [6.45, 7) is 7.23. The van der Waals surface area contributed by atoms with Gasteiger partial charge in [-0.05, 0) is 24.5 Å². The molecule has 1 saturated heterocycles. The lowest BCUT2D eigenvalue weighted by Gasteiger charge is -2.36. The molecule has 0 N–H and O–H groups in total. The van der Waals surface area contributed by atoms with Gasteiger partial charge in [0.25, 0.3) is 0 Å². The van der Waals surface area contributed by atoms with Crippen molar-refractivity contribution in [3.8, 4) is 11.3 Å². The molecule has 0 saturated carbocycles. The van der Waals surface area contributed by atoms with Gasteiger partial charge in [-0.2, -0.15) is 0 Å². The third kappa shape index (κ3) is 4.67. The van der Waals surface area contributed by atoms with Gasteiger partial charge >= 0.3 is 0 Å². The average molecular weight is 401 g/mol. The Morgan fingerprint density at radius 3 is 2.47 bits per heavy atom. The highest BCUT2D eigenvalue weighted by Gasteiger charge is 2.23. The summed E-state index contributed by atoms with van der Waals surface area (Å²) in [5, 5.41) is 0. The minimum atomic E-state index is 0.231. The lowest BCUT2D eigenvalue weighted by molar-refractivity contribution is -0.131. The molecule has 1 unspecified atom stereocenters. The van der Waals surface area contributed by atoms with Crippen molar-refractivity contribution in [3.05, 3.63) is 78.1 Å². The quantitative estimate of drug-likeness (QED) is 0.641. The molecule has 1 aliphatic rings. The Kier molecular flexibility index (Phi) is 6.07. The normalized spacial score (nSPS) is 15.1. The van der Waals surface area contributed by atoms with Gasteiger partial charge in [0.2, 0.25) is 5.91 Å². The number of aryl methyl sites for hydroxylation is 1. The number of anilines is 1. The predicted molar refractivity (Wildman–Crippen MR) is 120 cm³/mol. The van der Waals surface area contributed by atoms with Crippen molar-refractivity contribution in [1.29, 1.82) is 0 Å². The summed E-state index contributed by atoms with van der Waals surface area (Å²) < 4.78 is 0. The molecular formula is C25H28N4O. The molecule has 4 rings (SSSR count). The molecule has 1 atom stereocenters. The molecule has 2 aromatic carbocycles. The number of carbonyl (C=O) groups is 1. The average Bonchev–Trinajstić information content (AvgIpc) is 2.80. The molecular weight excluding hydrogens is 372 g/mol. The Labute approximate surface area is 178 Å². The van der Waals surface area contributed by atoms with E-state index in [9.17, 15) is 4.79 Å². The number of aromatic nitrogens is 2. The Morgan fingerprint density at radius 2 is 1.73 bits per heavy atom. The van der Waals surface area contributed by atoms with E-state index in [0.29, 0.717) is 6.42 Å². The Morgan fingerprint density at radius 1 is 0.967 bits per heavy atom. The van der Waals surface area contributed by atoms with Gasteiger partial charge in [-0.15, -0.1) is 0 Å². The second-order valence-corrected chi connectivity index (χ2v) is 8.01. The number of hydrogen-bond donors (Lipinski definition) is 0. The first kappa shape index (κ1) is 20.1. The Hall–Kier alpha value is -3.21. The maximum atomic E-state index is 12.8. The highest BCUT2D eigenvalue weighted by atomic mass is 16.2. The maximum absolute atomic E-state index is 12.8. The molecule has 1 aliphatic heterocycles. The van der Waals surface area contributed by atoms with E-state index in [2.05, 4.69) is 59.0 Å². The lowest BCUT2D eigenvalue weighted by atomic mass is 9.97. The van der Waals surface area contributed by atoms with Gasteiger partial charge < -0.3 is 9.80 Å². The summed E-state index contributed by atoms with van der Waals surface area (Å²) in [5.74, 6) is 1.39. The van der Waals surface area contributed by atoms with Crippen LogP contribution in [0.4, 0.5) is 5.82 Å². The van der Waals surface area contributed by atoms with Gasteiger partial charge in [0, 0.05) is 44.2 Å². The molecule has 154 valence electrons. The number of nitrogens with zero attached hydrogens (tertiary/aromatic N) is 4. The van der Waals surface area contributed by atoms with Gasteiger partial charge in [0.1, 0.15) is 12.1 Å². The topological polar surface area (TPSA) is 49.3 Å². The van der Waals surface area contributed by atoms with E-state index in [4.69, 9.17) is 0 Å². The second-order valence-electron chi connectivity index (χ2n) is 8.01. The molecule has 3 aromatic rings. The smallest absolute Gasteiger partial charge is 0.223 e. The van der Waals surface area contributed by atoms with Gasteiger partial charge in [0.05, 0.1) is 5.69 Å². The van der Waals surface area contributed by atoms with Crippen LogP contribution < -0.4 is 4.90 Å². The monoisotopic (exact) mass is 400 g/mol. The van der Waals surface area contributed by atoms with Crippen molar-refractivity contribution >= 4 is 11.7 Å². The zero-order chi connectivity index (χ0) is 20.9. The number of amides is 1. The summed E-state index contributed by atoms with van der Waals surface area (Å²) in [6.07, 6.45) is 2.18. The van der Waals surface area contributed by atoms with E-state index in [1.807, 2.05) is 35.2 Å². The number of benzene rings is 2. The standard InChI is InChI=1S/C25H28N4O/c1-19-7-6-10-22(15-19)23-17-24(27-18-26-23)28-11-13-29(14-12-28)25(30)16-20(2)21-8-4-3-5-9-21/h3-10,15,17-18,20H,11-14,16H2,1-2H3. The van der Waals surface area contributed by atoms with E-state index in [-0.39, 0.29) is 11.8 Å². The zero-order valence-electron chi connectivity index (χ0n) is 17.7. The highest BCUT2D eigenvalue weighted by Crippen LogP contribution is 2.23. The summed E-state index contributed by atoms with van der Waals surface area (Å²) in [4.78, 5) is 25.9. The van der Waals surface area contributed by atoms with Crippen LogP contribution in [0.25, 0.3) is 11.3 Å². The summed E-state index contributed by atoms with van der Waals surface area (Å²) >= 11 is 0. The molecule has 0 bridgehead atoms. The van der Waals surface area contributed by atoms with Gasteiger partial charge in [-0.1, -0.05) is 61.0 Å². The number of hydrogen-bond acceptors (Lipinski definition) is 4. The first-order valence-electron chi connectivity index (χ1n) is 10.6. The fourth-order valence-electron chi connectivity index (χ4n) is 3.96. The SMILES string of the molecule is Cc1cccc(-c2cc(N3CCN(C(=O)CC(C)c4ccccc4)CC3)ncn2)c1. The van der Waals surface area contributed by atoms with Crippen LogP contribution in [0, 0.1) is 6.92 Å². The summed E-state index contributed by atoms with van der Waals surface area (Å²) in [6, 6.07) is 20.6.